The van der Waals surface area contributed by atoms with Crippen LogP contribution in [0.2, 0.25) is 0 Å². The van der Waals surface area contributed by atoms with Crippen LogP contribution in [0.15, 0.2) is 6.07 Å². The molecule has 0 aliphatic carbocycles. The van der Waals surface area contributed by atoms with Gasteiger partial charge in [0.1, 0.15) is 11.3 Å². The first-order valence-electron chi connectivity index (χ1n) is 4.90. The van der Waals surface area contributed by atoms with Gasteiger partial charge in [0.25, 0.3) is 0 Å². The van der Waals surface area contributed by atoms with E-state index in [1.165, 1.54) is 0 Å². The molecule has 4 heteroatoms. The molecule has 1 aromatic heterocycles. The summed E-state index contributed by atoms with van der Waals surface area (Å²) in [6.45, 7) is 5.98. The summed E-state index contributed by atoms with van der Waals surface area (Å²) < 4.78 is 5.39. The number of aromatic carboxylic acids is 1. The summed E-state index contributed by atoms with van der Waals surface area (Å²) >= 11 is 0. The highest BCUT2D eigenvalue weighted by Crippen LogP contribution is 2.22. The van der Waals surface area contributed by atoms with E-state index in [-0.39, 0.29) is 5.56 Å². The van der Waals surface area contributed by atoms with Crippen LogP contribution in [0.5, 0.6) is 5.75 Å². The first kappa shape index (κ1) is 11.5. The summed E-state index contributed by atoms with van der Waals surface area (Å²) in [6, 6.07) is 1.66. The van der Waals surface area contributed by atoms with E-state index in [1.807, 2.05) is 13.8 Å². The number of aryl methyl sites for hydroxylation is 2. The number of ether oxygens (including phenoxy) is 1. The summed E-state index contributed by atoms with van der Waals surface area (Å²) in [7, 11) is 0. The normalized spacial score (nSPS) is 10.1. The standard InChI is InChI=1S/C11H15NO3/c1-4-5-15-9-6-7(2)12-8(3)10(9)11(13)14/h6H,4-5H2,1-3H3,(H,13,14). The SMILES string of the molecule is CCCOc1cc(C)nc(C)c1C(=O)O. The number of nitrogens with zero attached hydrogens (tertiary/aromatic N) is 1. The van der Waals surface area contributed by atoms with Crippen LogP contribution in [0.4, 0.5) is 0 Å². The van der Waals surface area contributed by atoms with E-state index in [1.54, 1.807) is 13.0 Å². The summed E-state index contributed by atoms with van der Waals surface area (Å²) in [5.74, 6) is -0.583. The molecule has 0 aliphatic heterocycles. The van der Waals surface area contributed by atoms with E-state index < -0.39 is 5.97 Å². The molecular formula is C11H15NO3. The van der Waals surface area contributed by atoms with Crippen molar-refractivity contribution in [1.82, 2.24) is 4.98 Å². The van der Waals surface area contributed by atoms with Crippen molar-refractivity contribution in [3.05, 3.63) is 23.0 Å². The molecule has 0 saturated carbocycles. The van der Waals surface area contributed by atoms with Gasteiger partial charge < -0.3 is 9.84 Å². The van der Waals surface area contributed by atoms with Gasteiger partial charge in [-0.15, -0.1) is 0 Å². The highest BCUT2D eigenvalue weighted by atomic mass is 16.5. The molecule has 1 aromatic rings. The summed E-state index contributed by atoms with van der Waals surface area (Å²) in [5.41, 5.74) is 1.42. The van der Waals surface area contributed by atoms with E-state index in [9.17, 15) is 4.79 Å². The fraction of sp³-hybridized carbons (Fsp3) is 0.455. The van der Waals surface area contributed by atoms with E-state index in [0.717, 1.165) is 12.1 Å². The Morgan fingerprint density at radius 1 is 1.53 bits per heavy atom. The quantitative estimate of drug-likeness (QED) is 0.825. The molecule has 1 N–H and O–H groups in total. The van der Waals surface area contributed by atoms with E-state index in [2.05, 4.69) is 4.98 Å². The Hall–Kier alpha value is -1.58. The zero-order chi connectivity index (χ0) is 11.4. The molecule has 0 spiro atoms. The van der Waals surface area contributed by atoms with Crippen LogP contribution in [-0.4, -0.2) is 22.7 Å². The molecule has 4 nitrogen and oxygen atoms in total. The van der Waals surface area contributed by atoms with Gasteiger partial charge in [-0.2, -0.15) is 0 Å². The number of carboxylic acids is 1. The molecular weight excluding hydrogens is 194 g/mol. The Labute approximate surface area is 88.9 Å². The highest BCUT2D eigenvalue weighted by Gasteiger charge is 2.16. The van der Waals surface area contributed by atoms with Crippen LogP contribution in [-0.2, 0) is 0 Å². The third-order valence-corrected chi connectivity index (χ3v) is 1.97. The van der Waals surface area contributed by atoms with Crippen LogP contribution in [0.25, 0.3) is 0 Å². The van der Waals surface area contributed by atoms with Gasteiger partial charge in [0, 0.05) is 11.8 Å². The van der Waals surface area contributed by atoms with E-state index in [4.69, 9.17) is 9.84 Å². The maximum atomic E-state index is 11.0. The summed E-state index contributed by atoms with van der Waals surface area (Å²) in [6.07, 6.45) is 0.847. The lowest BCUT2D eigenvalue weighted by molar-refractivity contribution is 0.0691. The number of aromatic nitrogens is 1. The third-order valence-electron chi connectivity index (χ3n) is 1.97. The molecule has 0 saturated heterocycles. The zero-order valence-electron chi connectivity index (χ0n) is 9.20. The predicted octanol–water partition coefficient (Wildman–Crippen LogP) is 2.19. The summed E-state index contributed by atoms with van der Waals surface area (Å²) in [4.78, 5) is 15.1. The number of rotatable bonds is 4. The van der Waals surface area contributed by atoms with Crippen molar-refractivity contribution in [2.45, 2.75) is 27.2 Å². The van der Waals surface area contributed by atoms with Crippen LogP contribution >= 0.6 is 0 Å². The number of hydrogen-bond donors (Lipinski definition) is 1. The molecule has 0 unspecified atom stereocenters. The predicted molar refractivity (Wildman–Crippen MR) is 56.5 cm³/mol. The van der Waals surface area contributed by atoms with Crippen molar-refractivity contribution < 1.29 is 14.6 Å². The maximum Gasteiger partial charge on any atom is 0.341 e. The van der Waals surface area contributed by atoms with Crippen LogP contribution in [0, 0.1) is 13.8 Å². The monoisotopic (exact) mass is 209 g/mol. The first-order valence-corrected chi connectivity index (χ1v) is 4.90. The van der Waals surface area contributed by atoms with Gasteiger partial charge in [0.2, 0.25) is 0 Å². The van der Waals surface area contributed by atoms with Gasteiger partial charge in [-0.05, 0) is 20.3 Å². The average molecular weight is 209 g/mol. The number of pyridine rings is 1. The Morgan fingerprint density at radius 3 is 2.73 bits per heavy atom. The van der Waals surface area contributed by atoms with Crippen molar-refractivity contribution in [1.29, 1.82) is 0 Å². The number of hydrogen-bond acceptors (Lipinski definition) is 3. The Kier molecular flexibility index (Phi) is 3.66. The van der Waals surface area contributed by atoms with Gasteiger partial charge in [-0.1, -0.05) is 6.92 Å². The van der Waals surface area contributed by atoms with Crippen LogP contribution in [0.3, 0.4) is 0 Å². The molecule has 0 aliphatic rings. The topological polar surface area (TPSA) is 59.4 Å². The first-order chi connectivity index (χ1) is 7.06. The number of carboxylic acid groups (broad SMARTS) is 1. The minimum absolute atomic E-state index is 0.161. The molecule has 0 fully saturated rings. The van der Waals surface area contributed by atoms with Gasteiger partial charge in [-0.25, -0.2) is 4.79 Å². The van der Waals surface area contributed by atoms with Crippen molar-refractivity contribution in [2.24, 2.45) is 0 Å². The Morgan fingerprint density at radius 2 is 2.20 bits per heavy atom. The van der Waals surface area contributed by atoms with Crippen LogP contribution < -0.4 is 4.74 Å². The minimum Gasteiger partial charge on any atom is -0.493 e. The second-order valence-electron chi connectivity index (χ2n) is 3.38. The third kappa shape index (κ3) is 2.68. The van der Waals surface area contributed by atoms with Crippen molar-refractivity contribution >= 4 is 5.97 Å². The second kappa shape index (κ2) is 4.77. The van der Waals surface area contributed by atoms with Gasteiger partial charge in [0.15, 0.2) is 0 Å². The molecule has 0 aromatic carbocycles. The second-order valence-corrected chi connectivity index (χ2v) is 3.38. The fourth-order valence-electron chi connectivity index (χ4n) is 1.38. The van der Waals surface area contributed by atoms with Crippen molar-refractivity contribution in [3.63, 3.8) is 0 Å². The van der Waals surface area contributed by atoms with Gasteiger partial charge in [0.05, 0.1) is 12.3 Å². The molecule has 82 valence electrons. The molecule has 0 radical (unpaired) electrons. The Bertz CT molecular complexity index is 374. The zero-order valence-corrected chi connectivity index (χ0v) is 9.20. The molecule has 0 amide bonds. The molecule has 15 heavy (non-hydrogen) atoms. The molecule has 0 bridgehead atoms. The lowest BCUT2D eigenvalue weighted by atomic mass is 10.1. The smallest absolute Gasteiger partial charge is 0.341 e. The van der Waals surface area contributed by atoms with Crippen molar-refractivity contribution in [2.75, 3.05) is 6.61 Å². The largest absolute Gasteiger partial charge is 0.493 e. The number of carbonyl (C=O) groups is 1. The lowest BCUT2D eigenvalue weighted by Gasteiger charge is -2.10. The van der Waals surface area contributed by atoms with Gasteiger partial charge in [-0.3, -0.25) is 4.98 Å². The average Bonchev–Trinajstić information content (AvgIpc) is 2.12. The minimum atomic E-state index is -0.994. The summed E-state index contributed by atoms with van der Waals surface area (Å²) in [5, 5.41) is 9.02. The van der Waals surface area contributed by atoms with Crippen molar-refractivity contribution in [3.8, 4) is 5.75 Å². The molecule has 1 rings (SSSR count). The maximum absolute atomic E-state index is 11.0. The lowest BCUT2D eigenvalue weighted by Crippen LogP contribution is -2.08. The van der Waals surface area contributed by atoms with E-state index in [0.29, 0.717) is 18.1 Å². The molecule has 1 heterocycles. The molecule has 0 atom stereocenters. The fourth-order valence-corrected chi connectivity index (χ4v) is 1.38. The highest BCUT2D eigenvalue weighted by molar-refractivity contribution is 5.92. The van der Waals surface area contributed by atoms with E-state index >= 15 is 0 Å². The van der Waals surface area contributed by atoms with Crippen LogP contribution in [0.1, 0.15) is 35.1 Å². The van der Waals surface area contributed by atoms with Gasteiger partial charge >= 0.3 is 5.97 Å². The Balaban J connectivity index is 3.14.